The Morgan fingerprint density at radius 2 is 3.20 bits per heavy atom. The van der Waals surface area contributed by atoms with Crippen molar-refractivity contribution in [2.75, 3.05) is 0 Å². The van der Waals surface area contributed by atoms with E-state index in [1.165, 1.54) is 12.7 Å². The normalized spacial score (nSPS) is 10.8. The SMILES string of the molecule is [2H][n+]1cnc[nH]1. The number of rotatable bonds is 0. The number of aromatic amines is 2. The molecule has 3 heteroatoms. The average molecular weight is 71.1 g/mol. The van der Waals surface area contributed by atoms with Crippen LogP contribution in [0.4, 0.5) is 0 Å². The number of hydrogen-bond acceptors (Lipinski definition) is 1. The molecule has 3 nitrogen and oxygen atoms in total. The number of aromatic nitrogens is 3. The second kappa shape index (κ2) is 0.839. The van der Waals surface area contributed by atoms with Crippen LogP contribution in [0.1, 0.15) is 0 Å². The van der Waals surface area contributed by atoms with Crippen molar-refractivity contribution in [3.05, 3.63) is 12.7 Å². The van der Waals surface area contributed by atoms with Crippen LogP contribution in [0.5, 0.6) is 0 Å². The first-order valence-electron chi connectivity index (χ1n) is 1.73. The summed E-state index contributed by atoms with van der Waals surface area (Å²) in [7, 11) is 0. The van der Waals surface area contributed by atoms with Gasteiger partial charge in [-0.1, -0.05) is 0 Å². The van der Waals surface area contributed by atoms with Crippen LogP contribution >= 0.6 is 0 Å². The largest absolute Gasteiger partial charge is 0.339 e. The van der Waals surface area contributed by atoms with Gasteiger partial charge in [-0.3, -0.25) is 0 Å². The van der Waals surface area contributed by atoms with E-state index in [2.05, 4.69) is 10.1 Å². The van der Waals surface area contributed by atoms with Crippen molar-refractivity contribution in [3.63, 3.8) is 0 Å². The molecule has 1 aromatic heterocycles. The van der Waals surface area contributed by atoms with Gasteiger partial charge in [-0.2, -0.15) is 10.2 Å². The summed E-state index contributed by atoms with van der Waals surface area (Å²) in [5.41, 5.74) is 0. The highest BCUT2D eigenvalue weighted by Crippen LogP contribution is 1.44. The predicted octanol–water partition coefficient (Wildman–Crippen LogP) is -0.776. The first-order valence-corrected chi connectivity index (χ1v) is 1.29. The van der Waals surface area contributed by atoms with Gasteiger partial charge in [0.05, 0.1) is 0 Å². The van der Waals surface area contributed by atoms with Crippen LogP contribution < -0.4 is 5.09 Å². The summed E-state index contributed by atoms with van der Waals surface area (Å²) in [6, 6.07) is 0. The zero-order valence-electron chi connectivity index (χ0n) is 3.55. The molecule has 2 N–H and O–H groups in total. The lowest BCUT2D eigenvalue weighted by molar-refractivity contribution is -0.450. The van der Waals surface area contributed by atoms with Crippen molar-refractivity contribution in [1.82, 2.24) is 10.1 Å². The van der Waals surface area contributed by atoms with Gasteiger partial charge in [0.15, 0.2) is 0 Å². The van der Waals surface area contributed by atoms with Crippen molar-refractivity contribution in [2.45, 2.75) is 0 Å². The molecule has 0 aliphatic heterocycles. The van der Waals surface area contributed by atoms with E-state index < -0.39 is 0 Å². The van der Waals surface area contributed by atoms with E-state index in [1.807, 2.05) is 0 Å². The molecule has 0 aromatic carbocycles. The molecule has 0 spiro atoms. The fraction of sp³-hybridized carbons (Fsp3) is 0. The van der Waals surface area contributed by atoms with E-state index >= 15 is 0 Å². The Bertz CT molecular complexity index is 112. The van der Waals surface area contributed by atoms with Crippen LogP contribution in [0.25, 0.3) is 0 Å². The summed E-state index contributed by atoms with van der Waals surface area (Å²) < 4.78 is 6.67. The van der Waals surface area contributed by atoms with Crippen LogP contribution in [0.2, 0.25) is 1.41 Å². The zero-order valence-corrected chi connectivity index (χ0v) is 2.55. The number of nitrogens with one attached hydrogen (secondary N) is 2. The Morgan fingerprint density at radius 1 is 2.20 bits per heavy atom. The highest BCUT2D eigenvalue weighted by molar-refractivity contribution is 4.31. The number of H-pyrrole nitrogens is 2. The molecule has 0 amide bonds. The van der Waals surface area contributed by atoms with E-state index in [-0.39, 0.29) is 0 Å². The summed E-state index contributed by atoms with van der Waals surface area (Å²) in [4.78, 5) is 3.54. The Hall–Kier alpha value is -0.860. The summed E-state index contributed by atoms with van der Waals surface area (Å²) in [5, 5.41) is 3.49. The third-order valence-electron chi connectivity index (χ3n) is 0.331. The van der Waals surface area contributed by atoms with E-state index in [4.69, 9.17) is 1.41 Å². The molecule has 1 heterocycles. The first-order chi connectivity index (χ1) is 2.89. The van der Waals surface area contributed by atoms with Gasteiger partial charge in [0, 0.05) is 0 Å². The predicted molar refractivity (Wildman–Crippen MR) is 15.1 cm³/mol. The lowest BCUT2D eigenvalue weighted by Crippen LogP contribution is -1.96. The molecule has 0 aliphatic carbocycles. The lowest BCUT2D eigenvalue weighted by atomic mass is 11.3. The highest BCUT2D eigenvalue weighted by Gasteiger charge is 1.68. The maximum Gasteiger partial charge on any atom is 0.339 e. The van der Waals surface area contributed by atoms with Crippen molar-refractivity contribution in [1.29, 1.82) is 0 Å². The van der Waals surface area contributed by atoms with Crippen molar-refractivity contribution in [2.24, 2.45) is 0 Å². The lowest BCUT2D eigenvalue weighted by Gasteiger charge is -1.40. The topological polar surface area (TPSA) is 42.8 Å². The third-order valence-corrected chi connectivity index (χ3v) is 0.331. The Morgan fingerprint density at radius 3 is 3.40 bits per heavy atom. The third kappa shape index (κ3) is 0.238. The quantitative estimate of drug-likeness (QED) is 0.428. The van der Waals surface area contributed by atoms with Gasteiger partial charge < -0.3 is 0 Å². The minimum Gasteiger partial charge on any atom is -0.196 e. The number of hydrogen-bond donors (Lipinski definition) is 1. The average Bonchev–Trinajstić information content (AvgIpc) is 1.86. The maximum atomic E-state index is 6.67. The maximum absolute atomic E-state index is 6.67. The molecule has 5 heavy (non-hydrogen) atoms. The molecular formula is C2H4N3+. The van der Waals surface area contributed by atoms with E-state index in [9.17, 15) is 0 Å². The van der Waals surface area contributed by atoms with E-state index in [1.54, 1.807) is 0 Å². The molecule has 1 aromatic rings. The smallest absolute Gasteiger partial charge is 0.196 e. The van der Waals surface area contributed by atoms with Crippen molar-refractivity contribution in [3.8, 4) is 0 Å². The summed E-state index contributed by atoms with van der Waals surface area (Å²) >= 11 is 0. The van der Waals surface area contributed by atoms with Gasteiger partial charge in [0.1, 0.15) is 0 Å². The van der Waals surface area contributed by atoms with Crippen LogP contribution in [0.3, 0.4) is 0 Å². The summed E-state index contributed by atoms with van der Waals surface area (Å²) in [5.74, 6) is 0. The zero-order chi connectivity index (χ0) is 4.41. The summed E-state index contributed by atoms with van der Waals surface area (Å²) in [6.45, 7) is 0. The fourth-order valence-electron chi connectivity index (χ4n) is 0.167. The monoisotopic (exact) mass is 71.0 g/mol. The van der Waals surface area contributed by atoms with Crippen molar-refractivity contribution < 1.29 is 6.50 Å². The van der Waals surface area contributed by atoms with Gasteiger partial charge in [-0.25, -0.2) is 0 Å². The molecule has 0 aliphatic rings. The fourth-order valence-corrected chi connectivity index (χ4v) is 0.167. The van der Waals surface area contributed by atoms with Crippen molar-refractivity contribution >= 4 is 0 Å². The molecule has 0 bridgehead atoms. The second-order valence-corrected chi connectivity index (χ2v) is 0.652. The Balaban J connectivity index is 3.05. The summed E-state index contributed by atoms with van der Waals surface area (Å²) in [6.07, 6.45) is 2.80. The second-order valence-electron chi connectivity index (χ2n) is 0.652. The molecule has 26 valence electrons. The highest BCUT2D eigenvalue weighted by atomic mass is 15.2. The molecule has 1 rings (SSSR count). The van der Waals surface area contributed by atoms with Gasteiger partial charge in [0.25, 0.3) is 0 Å². The minimum atomic E-state index is 1.01. The number of nitrogens with zero attached hydrogens (tertiary/aromatic N) is 1. The Labute approximate surface area is 30.5 Å². The van der Waals surface area contributed by atoms with Crippen LogP contribution in [0, 0.1) is 0 Å². The first kappa shape index (κ1) is 1.55. The Kier molecular flexibility index (Phi) is 0.259. The van der Waals surface area contributed by atoms with Crippen LogP contribution in [-0.4, -0.2) is 10.1 Å². The van der Waals surface area contributed by atoms with E-state index in [0.717, 1.165) is 5.09 Å². The van der Waals surface area contributed by atoms with Gasteiger partial charge in [-0.05, 0) is 4.98 Å². The van der Waals surface area contributed by atoms with Crippen LogP contribution in [0.15, 0.2) is 12.7 Å². The molecule has 0 atom stereocenters. The molecule has 0 saturated carbocycles. The molecule has 0 radical (unpaired) electrons. The molecule has 0 fully saturated rings. The van der Waals surface area contributed by atoms with E-state index in [0.29, 0.717) is 0 Å². The van der Waals surface area contributed by atoms with Gasteiger partial charge >= 0.3 is 7.74 Å². The van der Waals surface area contributed by atoms with Gasteiger partial charge in [0.2, 0.25) is 6.33 Å². The molecule has 0 saturated heterocycles. The van der Waals surface area contributed by atoms with Crippen LogP contribution in [-0.2, 0) is 0 Å². The molecule has 0 unspecified atom stereocenters. The molecular weight excluding hydrogens is 66.0 g/mol. The minimum absolute atomic E-state index is 1.01. The van der Waals surface area contributed by atoms with Gasteiger partial charge in [-0.15, -0.1) is 0 Å². The standard InChI is InChI=1S/C2H3N3/c1-3-2-5-4-1/h1-2H,(H,3,4,5)/p+1/i/hD.